The molecule has 0 bridgehead atoms. The number of nitrogens with one attached hydrogen (secondary N) is 1. The van der Waals surface area contributed by atoms with Crippen LogP contribution < -0.4 is 10.5 Å². The van der Waals surface area contributed by atoms with Gasteiger partial charge in [-0.1, -0.05) is 6.92 Å². The zero-order chi connectivity index (χ0) is 13.8. The van der Waals surface area contributed by atoms with Gasteiger partial charge in [-0.25, -0.2) is 21.9 Å². The summed E-state index contributed by atoms with van der Waals surface area (Å²) in [5.41, 5.74) is 5.34. The molecule has 0 saturated carbocycles. The quantitative estimate of drug-likeness (QED) is 0.822. The molecule has 0 amide bonds. The van der Waals surface area contributed by atoms with E-state index in [1.807, 2.05) is 6.92 Å². The molecule has 7 heteroatoms. The predicted octanol–water partition coefficient (Wildman–Crippen LogP) is 1.23. The Morgan fingerprint density at radius 2 is 2.06 bits per heavy atom. The summed E-state index contributed by atoms with van der Waals surface area (Å²) < 4.78 is 51.8. The second-order valence-corrected chi connectivity index (χ2v) is 5.84. The number of rotatable bonds is 6. The van der Waals surface area contributed by atoms with Crippen molar-refractivity contribution in [2.75, 3.05) is 13.1 Å². The maximum absolute atomic E-state index is 13.3. The second kappa shape index (κ2) is 6.21. The van der Waals surface area contributed by atoms with Crippen LogP contribution in [0.4, 0.5) is 8.78 Å². The third-order valence-electron chi connectivity index (χ3n) is 2.46. The van der Waals surface area contributed by atoms with Gasteiger partial charge in [0, 0.05) is 12.6 Å². The maximum Gasteiger partial charge on any atom is 0.243 e. The van der Waals surface area contributed by atoms with E-state index in [1.54, 1.807) is 0 Å². The molecular formula is C11H16F2N2O2S. The lowest BCUT2D eigenvalue weighted by Gasteiger charge is -2.12. The molecule has 1 unspecified atom stereocenters. The van der Waals surface area contributed by atoms with Crippen molar-refractivity contribution in [3.8, 4) is 0 Å². The summed E-state index contributed by atoms with van der Waals surface area (Å²) in [6.07, 6.45) is 0.661. The number of nitrogens with two attached hydrogens (primary N) is 1. The molecule has 1 rings (SSSR count). The van der Waals surface area contributed by atoms with Crippen LogP contribution in [0, 0.1) is 17.6 Å². The minimum absolute atomic E-state index is 0.0493. The van der Waals surface area contributed by atoms with Crippen LogP contribution in [0.1, 0.15) is 13.3 Å². The number of sulfonamides is 1. The topological polar surface area (TPSA) is 72.2 Å². The summed E-state index contributed by atoms with van der Waals surface area (Å²) in [7, 11) is -3.95. The molecule has 0 aromatic heterocycles. The van der Waals surface area contributed by atoms with Gasteiger partial charge in [-0.05, 0) is 31.0 Å². The Morgan fingerprint density at radius 1 is 1.39 bits per heavy atom. The van der Waals surface area contributed by atoms with Gasteiger partial charge in [-0.2, -0.15) is 0 Å². The van der Waals surface area contributed by atoms with E-state index in [9.17, 15) is 17.2 Å². The van der Waals surface area contributed by atoms with Crippen LogP contribution in [0.5, 0.6) is 0 Å². The van der Waals surface area contributed by atoms with Gasteiger partial charge in [0.1, 0.15) is 16.5 Å². The van der Waals surface area contributed by atoms with Gasteiger partial charge in [-0.3, -0.25) is 0 Å². The standard InChI is InChI=1S/C11H16F2N2O2S/c1-8(4-5-14)7-15-18(16,17)11-3-2-9(12)6-10(11)13/h2-3,6,8,15H,4-5,7,14H2,1H3. The van der Waals surface area contributed by atoms with E-state index in [-0.39, 0.29) is 12.5 Å². The lowest BCUT2D eigenvalue weighted by Crippen LogP contribution is -2.30. The fourth-order valence-electron chi connectivity index (χ4n) is 1.41. The summed E-state index contributed by atoms with van der Waals surface area (Å²) >= 11 is 0. The van der Waals surface area contributed by atoms with Crippen molar-refractivity contribution in [1.82, 2.24) is 4.72 Å². The molecule has 18 heavy (non-hydrogen) atoms. The van der Waals surface area contributed by atoms with Gasteiger partial charge in [0.2, 0.25) is 10.0 Å². The van der Waals surface area contributed by atoms with Crippen LogP contribution in [0.3, 0.4) is 0 Å². The molecule has 1 atom stereocenters. The van der Waals surface area contributed by atoms with Crippen molar-refractivity contribution >= 4 is 10.0 Å². The number of hydrogen-bond acceptors (Lipinski definition) is 3. The SMILES string of the molecule is CC(CCN)CNS(=O)(=O)c1ccc(F)cc1F. The van der Waals surface area contributed by atoms with Crippen LogP contribution in [-0.4, -0.2) is 21.5 Å². The lowest BCUT2D eigenvalue weighted by molar-refractivity contribution is 0.508. The lowest BCUT2D eigenvalue weighted by atomic mass is 10.1. The van der Waals surface area contributed by atoms with Gasteiger partial charge in [-0.15, -0.1) is 0 Å². The Morgan fingerprint density at radius 3 is 2.61 bits per heavy atom. The highest BCUT2D eigenvalue weighted by Gasteiger charge is 2.19. The van der Waals surface area contributed by atoms with Crippen LogP contribution in [0.2, 0.25) is 0 Å². The minimum atomic E-state index is -3.95. The number of halogens is 2. The molecule has 0 aliphatic rings. The van der Waals surface area contributed by atoms with Crippen LogP contribution in [0.15, 0.2) is 23.1 Å². The van der Waals surface area contributed by atoms with E-state index in [4.69, 9.17) is 5.73 Å². The first kappa shape index (κ1) is 15.0. The summed E-state index contributed by atoms with van der Waals surface area (Å²) in [6.45, 7) is 2.44. The molecular weight excluding hydrogens is 262 g/mol. The first-order chi connectivity index (χ1) is 8.36. The minimum Gasteiger partial charge on any atom is -0.330 e. The van der Waals surface area contributed by atoms with Gasteiger partial charge < -0.3 is 5.73 Å². The molecule has 0 saturated heterocycles. The fourth-order valence-corrected chi connectivity index (χ4v) is 2.63. The molecule has 4 nitrogen and oxygen atoms in total. The smallest absolute Gasteiger partial charge is 0.243 e. The number of hydrogen-bond donors (Lipinski definition) is 2. The first-order valence-corrected chi connectivity index (χ1v) is 7.00. The highest BCUT2D eigenvalue weighted by Crippen LogP contribution is 2.15. The average molecular weight is 278 g/mol. The zero-order valence-corrected chi connectivity index (χ0v) is 10.8. The van der Waals surface area contributed by atoms with Crippen LogP contribution >= 0.6 is 0 Å². The van der Waals surface area contributed by atoms with Gasteiger partial charge in [0.15, 0.2) is 0 Å². The highest BCUT2D eigenvalue weighted by molar-refractivity contribution is 7.89. The Balaban J connectivity index is 2.80. The van der Waals surface area contributed by atoms with Gasteiger partial charge in [0.25, 0.3) is 0 Å². The summed E-state index contributed by atoms with van der Waals surface area (Å²) in [5, 5.41) is 0. The van der Waals surface area contributed by atoms with Crippen molar-refractivity contribution in [1.29, 1.82) is 0 Å². The maximum atomic E-state index is 13.3. The molecule has 3 N–H and O–H groups in total. The van der Waals surface area contributed by atoms with E-state index in [0.29, 0.717) is 19.0 Å². The Bertz CT molecular complexity index is 506. The average Bonchev–Trinajstić information content (AvgIpc) is 2.26. The third-order valence-corrected chi connectivity index (χ3v) is 3.92. The van der Waals surface area contributed by atoms with E-state index < -0.39 is 26.6 Å². The molecule has 0 fully saturated rings. The van der Waals surface area contributed by atoms with E-state index >= 15 is 0 Å². The van der Waals surface area contributed by atoms with Crippen molar-refractivity contribution in [2.24, 2.45) is 11.7 Å². The normalized spacial score (nSPS) is 13.6. The Labute approximate surface area is 105 Å². The number of benzene rings is 1. The molecule has 0 spiro atoms. The molecule has 102 valence electrons. The molecule has 1 aromatic rings. The zero-order valence-electron chi connectivity index (χ0n) is 9.99. The molecule has 0 heterocycles. The van der Waals surface area contributed by atoms with Crippen LogP contribution in [0.25, 0.3) is 0 Å². The monoisotopic (exact) mass is 278 g/mol. The van der Waals surface area contributed by atoms with Crippen molar-refractivity contribution in [2.45, 2.75) is 18.2 Å². The Hall–Kier alpha value is -1.05. The first-order valence-electron chi connectivity index (χ1n) is 5.51. The fraction of sp³-hybridized carbons (Fsp3) is 0.455. The summed E-state index contributed by atoms with van der Waals surface area (Å²) in [6, 6.07) is 2.35. The summed E-state index contributed by atoms with van der Waals surface area (Å²) in [4.78, 5) is -0.552. The van der Waals surface area contributed by atoms with Crippen molar-refractivity contribution in [3.05, 3.63) is 29.8 Å². The van der Waals surface area contributed by atoms with E-state index in [1.165, 1.54) is 0 Å². The highest BCUT2D eigenvalue weighted by atomic mass is 32.2. The molecule has 0 aliphatic heterocycles. The predicted molar refractivity (Wildman–Crippen MR) is 64.4 cm³/mol. The third kappa shape index (κ3) is 4.01. The van der Waals surface area contributed by atoms with Gasteiger partial charge >= 0.3 is 0 Å². The Kier molecular flexibility index (Phi) is 5.18. The van der Waals surface area contributed by atoms with Gasteiger partial charge in [0.05, 0.1) is 0 Å². The molecule has 1 aromatic carbocycles. The molecule has 0 radical (unpaired) electrons. The van der Waals surface area contributed by atoms with Crippen molar-refractivity contribution in [3.63, 3.8) is 0 Å². The van der Waals surface area contributed by atoms with E-state index in [0.717, 1.165) is 12.1 Å². The molecule has 0 aliphatic carbocycles. The largest absolute Gasteiger partial charge is 0.330 e. The summed E-state index contributed by atoms with van der Waals surface area (Å²) in [5.74, 6) is -1.87. The second-order valence-electron chi connectivity index (χ2n) is 4.11. The van der Waals surface area contributed by atoms with Crippen molar-refractivity contribution < 1.29 is 17.2 Å². The van der Waals surface area contributed by atoms with Crippen LogP contribution in [-0.2, 0) is 10.0 Å². The van der Waals surface area contributed by atoms with E-state index in [2.05, 4.69) is 4.72 Å².